The molecule has 4 rings (SSSR count). The highest BCUT2D eigenvalue weighted by molar-refractivity contribution is 9.10. The second-order valence-electron chi connectivity index (χ2n) is 5.85. The molecule has 0 bridgehead atoms. The Morgan fingerprint density at radius 2 is 2.00 bits per heavy atom. The Balaban J connectivity index is 1.74. The quantitative estimate of drug-likeness (QED) is 0.603. The maximum absolute atomic E-state index is 13.1. The summed E-state index contributed by atoms with van der Waals surface area (Å²) in [5.74, 6) is 0. The predicted octanol–water partition coefficient (Wildman–Crippen LogP) is 4.63. The van der Waals surface area contributed by atoms with Gasteiger partial charge in [0.2, 0.25) is 0 Å². The van der Waals surface area contributed by atoms with Crippen molar-refractivity contribution >= 4 is 43.0 Å². The van der Waals surface area contributed by atoms with E-state index in [1.807, 2.05) is 30.5 Å². The van der Waals surface area contributed by atoms with Crippen LogP contribution in [0, 0.1) is 6.92 Å². The molecule has 25 heavy (non-hydrogen) atoms. The van der Waals surface area contributed by atoms with E-state index in [-0.39, 0.29) is 0 Å². The van der Waals surface area contributed by atoms with Crippen molar-refractivity contribution in [3.8, 4) is 11.3 Å². The first kappa shape index (κ1) is 16.8. The summed E-state index contributed by atoms with van der Waals surface area (Å²) in [7, 11) is -3.58. The third kappa shape index (κ3) is 2.90. The summed E-state index contributed by atoms with van der Waals surface area (Å²) in [5.41, 5.74) is 3.77. The largest absolute Gasteiger partial charge is 0.266 e. The number of rotatable bonds is 3. The molecule has 2 aromatic carbocycles. The van der Waals surface area contributed by atoms with E-state index in [4.69, 9.17) is 0 Å². The van der Waals surface area contributed by atoms with Gasteiger partial charge in [0.25, 0.3) is 10.0 Å². The average Bonchev–Trinajstić information content (AvgIpc) is 3.20. The second-order valence-corrected chi connectivity index (χ2v) is 9.60. The first-order valence-electron chi connectivity index (χ1n) is 7.79. The number of sulfonamides is 1. The highest BCUT2D eigenvalue weighted by Crippen LogP contribution is 2.37. The van der Waals surface area contributed by atoms with Gasteiger partial charge in [0.05, 0.1) is 16.4 Å². The van der Waals surface area contributed by atoms with E-state index in [9.17, 15) is 8.42 Å². The van der Waals surface area contributed by atoms with E-state index in [0.717, 1.165) is 27.5 Å². The van der Waals surface area contributed by atoms with Crippen LogP contribution in [0.15, 0.2) is 57.2 Å². The molecule has 0 aliphatic carbocycles. The molecule has 0 N–H and O–H groups in total. The van der Waals surface area contributed by atoms with Gasteiger partial charge in [-0.15, -0.1) is 11.3 Å². The number of nitrogens with zero attached hydrogens (tertiary/aromatic N) is 2. The number of aryl methyl sites for hydroxylation is 1. The Kier molecular flexibility index (Phi) is 4.17. The molecule has 0 saturated heterocycles. The van der Waals surface area contributed by atoms with Crippen molar-refractivity contribution in [1.82, 2.24) is 4.98 Å². The van der Waals surface area contributed by atoms with Crippen molar-refractivity contribution < 1.29 is 8.42 Å². The normalized spacial score (nSPS) is 13.9. The van der Waals surface area contributed by atoms with Gasteiger partial charge >= 0.3 is 0 Å². The maximum atomic E-state index is 13.1. The predicted molar refractivity (Wildman–Crippen MR) is 105 cm³/mol. The summed E-state index contributed by atoms with van der Waals surface area (Å²) in [5, 5.41) is 3.05. The fourth-order valence-electron chi connectivity index (χ4n) is 3.05. The van der Waals surface area contributed by atoms with E-state index in [2.05, 4.69) is 27.0 Å². The molecule has 0 radical (unpaired) electrons. The summed E-state index contributed by atoms with van der Waals surface area (Å²) in [6, 6.07) is 12.8. The molecule has 3 aromatic rings. The summed E-state index contributed by atoms with van der Waals surface area (Å²) >= 11 is 4.96. The third-order valence-corrected chi connectivity index (χ3v) is 7.85. The highest BCUT2D eigenvalue weighted by Gasteiger charge is 2.32. The zero-order chi connectivity index (χ0) is 17.6. The van der Waals surface area contributed by atoms with Crippen molar-refractivity contribution in [3.63, 3.8) is 0 Å². The van der Waals surface area contributed by atoms with E-state index >= 15 is 0 Å². The Bertz CT molecular complexity index is 1060. The van der Waals surface area contributed by atoms with Gasteiger partial charge in [0.1, 0.15) is 4.90 Å². The maximum Gasteiger partial charge on any atom is 0.265 e. The zero-order valence-corrected chi connectivity index (χ0v) is 16.7. The standard InChI is InChI=1S/C18H15BrN2O2S2/c1-12-20-16(11-24-12)13-6-7-17-14(10-13)8-9-21(17)25(22,23)18-5-3-2-4-15(18)19/h2-7,10-11H,8-9H2,1H3. The molecular formula is C18H15BrN2O2S2. The summed E-state index contributed by atoms with van der Waals surface area (Å²) < 4.78 is 28.2. The van der Waals surface area contributed by atoms with Crippen LogP contribution in [0.4, 0.5) is 5.69 Å². The lowest BCUT2D eigenvalue weighted by molar-refractivity contribution is 0.592. The highest BCUT2D eigenvalue weighted by atomic mass is 79.9. The van der Waals surface area contributed by atoms with Gasteiger partial charge in [-0.3, -0.25) is 4.31 Å². The molecule has 0 atom stereocenters. The van der Waals surface area contributed by atoms with Crippen LogP contribution in [-0.4, -0.2) is 19.9 Å². The molecular weight excluding hydrogens is 420 g/mol. The molecule has 0 fully saturated rings. The van der Waals surface area contributed by atoms with Crippen molar-refractivity contribution in [2.75, 3.05) is 10.8 Å². The molecule has 0 amide bonds. The van der Waals surface area contributed by atoms with E-state index in [0.29, 0.717) is 22.3 Å². The number of thiazole rings is 1. The van der Waals surface area contributed by atoms with Crippen LogP contribution in [0.1, 0.15) is 10.6 Å². The first-order valence-corrected chi connectivity index (χ1v) is 10.9. The number of benzene rings is 2. The van der Waals surface area contributed by atoms with Gasteiger partial charge in [0.15, 0.2) is 0 Å². The van der Waals surface area contributed by atoms with Crippen molar-refractivity contribution in [3.05, 3.63) is 62.9 Å². The van der Waals surface area contributed by atoms with E-state index in [1.54, 1.807) is 29.5 Å². The molecule has 2 heterocycles. The summed E-state index contributed by atoms with van der Waals surface area (Å²) in [4.78, 5) is 4.81. The van der Waals surface area contributed by atoms with Crippen LogP contribution in [0.3, 0.4) is 0 Å². The van der Waals surface area contributed by atoms with Gasteiger partial charge in [-0.2, -0.15) is 0 Å². The van der Waals surface area contributed by atoms with Gasteiger partial charge in [0, 0.05) is 22.0 Å². The van der Waals surface area contributed by atoms with Crippen molar-refractivity contribution in [2.24, 2.45) is 0 Å². The lowest BCUT2D eigenvalue weighted by Gasteiger charge is -2.20. The second kappa shape index (κ2) is 6.23. The monoisotopic (exact) mass is 434 g/mol. The van der Waals surface area contributed by atoms with Crippen molar-refractivity contribution in [1.29, 1.82) is 0 Å². The molecule has 1 aliphatic heterocycles. The van der Waals surface area contributed by atoms with Crippen LogP contribution in [0.2, 0.25) is 0 Å². The molecule has 0 unspecified atom stereocenters. The van der Waals surface area contributed by atoms with Crippen LogP contribution < -0.4 is 4.31 Å². The Morgan fingerprint density at radius 3 is 2.72 bits per heavy atom. The molecule has 128 valence electrons. The Labute approximate surface area is 159 Å². The van der Waals surface area contributed by atoms with Gasteiger partial charge in [-0.05, 0) is 59.1 Å². The average molecular weight is 435 g/mol. The number of anilines is 1. The number of aromatic nitrogens is 1. The smallest absolute Gasteiger partial charge is 0.265 e. The lowest BCUT2D eigenvalue weighted by atomic mass is 10.1. The van der Waals surface area contributed by atoms with Crippen LogP contribution in [0.5, 0.6) is 0 Å². The molecule has 7 heteroatoms. The van der Waals surface area contributed by atoms with Crippen molar-refractivity contribution in [2.45, 2.75) is 18.2 Å². The minimum Gasteiger partial charge on any atom is -0.266 e. The van der Waals surface area contributed by atoms with E-state index < -0.39 is 10.0 Å². The fourth-order valence-corrected chi connectivity index (χ4v) is 6.14. The minimum atomic E-state index is -3.58. The molecule has 0 spiro atoms. The molecule has 1 aromatic heterocycles. The molecule has 4 nitrogen and oxygen atoms in total. The number of hydrogen-bond donors (Lipinski definition) is 0. The number of halogens is 1. The van der Waals surface area contributed by atoms with Gasteiger partial charge in [-0.1, -0.05) is 18.2 Å². The number of hydrogen-bond acceptors (Lipinski definition) is 4. The third-order valence-electron chi connectivity index (χ3n) is 4.25. The van der Waals surface area contributed by atoms with E-state index in [1.165, 1.54) is 4.31 Å². The lowest BCUT2D eigenvalue weighted by Crippen LogP contribution is -2.29. The van der Waals surface area contributed by atoms with Crippen LogP contribution in [0.25, 0.3) is 11.3 Å². The number of fused-ring (bicyclic) bond motifs is 1. The minimum absolute atomic E-state index is 0.294. The van der Waals surface area contributed by atoms with Gasteiger partial charge in [-0.25, -0.2) is 13.4 Å². The molecule has 0 saturated carbocycles. The molecule has 1 aliphatic rings. The van der Waals surface area contributed by atoms with Crippen LogP contribution >= 0.6 is 27.3 Å². The zero-order valence-electron chi connectivity index (χ0n) is 13.4. The van der Waals surface area contributed by atoms with Gasteiger partial charge < -0.3 is 0 Å². The first-order chi connectivity index (χ1) is 12.0. The summed E-state index contributed by atoms with van der Waals surface area (Å²) in [6.07, 6.45) is 0.704. The summed E-state index contributed by atoms with van der Waals surface area (Å²) in [6.45, 7) is 2.44. The Hall–Kier alpha value is -1.70. The van der Waals surface area contributed by atoms with Crippen LogP contribution in [-0.2, 0) is 16.4 Å². The fraction of sp³-hybridized carbons (Fsp3) is 0.167. The topological polar surface area (TPSA) is 50.3 Å². The Morgan fingerprint density at radius 1 is 1.20 bits per heavy atom. The SMILES string of the molecule is Cc1nc(-c2ccc3c(c2)CCN3S(=O)(=O)c2ccccc2Br)cs1.